The molecule has 0 saturated carbocycles. The van der Waals surface area contributed by atoms with Crippen LogP contribution in [0.25, 0.3) is 0 Å². The van der Waals surface area contributed by atoms with Crippen molar-refractivity contribution in [2.24, 2.45) is 0 Å². The maximum absolute atomic E-state index is 9.55. The molecule has 0 radical (unpaired) electrons. The van der Waals surface area contributed by atoms with Crippen molar-refractivity contribution in [2.45, 2.75) is 50.7 Å². The Morgan fingerprint density at radius 2 is 1.00 bits per heavy atom. The monoisotopic (exact) mass is 196 g/mol. The van der Waals surface area contributed by atoms with Gasteiger partial charge in [0.25, 0.3) is 0 Å². The summed E-state index contributed by atoms with van der Waals surface area (Å²) in [6.45, 7) is 0. The Morgan fingerprint density at radius 3 is 1.43 bits per heavy atom. The van der Waals surface area contributed by atoms with Gasteiger partial charge in [0.1, 0.15) is 0 Å². The second-order valence-electron chi connectivity index (χ2n) is 3.81. The van der Waals surface area contributed by atoms with Gasteiger partial charge in [0.15, 0.2) is 0 Å². The summed E-state index contributed by atoms with van der Waals surface area (Å²) in [4.78, 5) is 0. The molecule has 2 atom stereocenters. The van der Waals surface area contributed by atoms with Crippen LogP contribution in [0.3, 0.4) is 0 Å². The molecule has 0 aromatic carbocycles. The van der Waals surface area contributed by atoms with Crippen molar-refractivity contribution in [2.75, 3.05) is 0 Å². The van der Waals surface area contributed by atoms with Crippen LogP contribution in [0, 0.1) is 0 Å². The van der Waals surface area contributed by atoms with Crippen molar-refractivity contribution < 1.29 is 10.2 Å². The van der Waals surface area contributed by atoms with Crippen LogP contribution in [0.2, 0.25) is 0 Å². The predicted octanol–water partition coefficient (Wildman–Crippen LogP) is 2.17. The molecule has 0 amide bonds. The Morgan fingerprint density at radius 1 is 0.643 bits per heavy atom. The lowest BCUT2D eigenvalue weighted by Gasteiger charge is -2.16. The van der Waals surface area contributed by atoms with Crippen LogP contribution in [0.4, 0.5) is 0 Å². The van der Waals surface area contributed by atoms with E-state index in [1.165, 1.54) is 0 Å². The van der Waals surface area contributed by atoms with Crippen molar-refractivity contribution >= 4 is 0 Å². The van der Waals surface area contributed by atoms with Crippen LogP contribution in [0.15, 0.2) is 24.3 Å². The normalized spacial score (nSPS) is 35.3. The standard InChI is InChI=1S/C12H20O2/c13-11-9-7-5-3-1-2-4-6-8-10-12(11)14/h3-6,11-14H,1-2,7-10H2/b5-3-,6-4-/t11-,12-/m0/s1. The van der Waals surface area contributed by atoms with Crippen LogP contribution >= 0.6 is 0 Å². The molecule has 14 heavy (non-hydrogen) atoms. The van der Waals surface area contributed by atoms with Gasteiger partial charge in [0, 0.05) is 0 Å². The fourth-order valence-corrected chi connectivity index (χ4v) is 1.58. The zero-order valence-electron chi connectivity index (χ0n) is 8.60. The van der Waals surface area contributed by atoms with Gasteiger partial charge in [-0.25, -0.2) is 0 Å². The number of hydrogen-bond acceptors (Lipinski definition) is 2. The van der Waals surface area contributed by atoms with Gasteiger partial charge in [-0.2, -0.15) is 0 Å². The van der Waals surface area contributed by atoms with E-state index in [0.717, 1.165) is 25.7 Å². The summed E-state index contributed by atoms with van der Waals surface area (Å²) >= 11 is 0. The Bertz CT molecular complexity index is 174. The molecule has 1 aliphatic carbocycles. The van der Waals surface area contributed by atoms with Crippen molar-refractivity contribution in [3.8, 4) is 0 Å². The SMILES string of the molecule is O[C@H]1CC/C=C\CC/C=C\CC[C@@H]1O. The van der Waals surface area contributed by atoms with E-state index in [4.69, 9.17) is 0 Å². The van der Waals surface area contributed by atoms with E-state index in [0.29, 0.717) is 12.8 Å². The molecular weight excluding hydrogens is 176 g/mol. The number of rotatable bonds is 0. The first-order valence-corrected chi connectivity index (χ1v) is 5.47. The molecule has 1 rings (SSSR count). The molecule has 0 bridgehead atoms. The predicted molar refractivity (Wildman–Crippen MR) is 58.0 cm³/mol. The van der Waals surface area contributed by atoms with Gasteiger partial charge in [-0.1, -0.05) is 24.3 Å². The third-order valence-electron chi connectivity index (χ3n) is 2.54. The summed E-state index contributed by atoms with van der Waals surface area (Å²) in [5.41, 5.74) is 0. The van der Waals surface area contributed by atoms with E-state index in [1.54, 1.807) is 0 Å². The van der Waals surface area contributed by atoms with E-state index in [-0.39, 0.29) is 0 Å². The highest BCUT2D eigenvalue weighted by atomic mass is 16.3. The second-order valence-corrected chi connectivity index (χ2v) is 3.81. The van der Waals surface area contributed by atoms with E-state index in [9.17, 15) is 10.2 Å². The van der Waals surface area contributed by atoms with Crippen LogP contribution in [-0.2, 0) is 0 Å². The highest BCUT2D eigenvalue weighted by Crippen LogP contribution is 2.10. The lowest BCUT2D eigenvalue weighted by molar-refractivity contribution is 0.0111. The molecule has 0 unspecified atom stereocenters. The lowest BCUT2D eigenvalue weighted by Crippen LogP contribution is -2.25. The summed E-state index contributed by atoms with van der Waals surface area (Å²) < 4.78 is 0. The first kappa shape index (κ1) is 11.5. The molecule has 1 aliphatic rings. The second kappa shape index (κ2) is 6.80. The molecule has 2 N–H and O–H groups in total. The Balaban J connectivity index is 2.41. The van der Waals surface area contributed by atoms with Crippen molar-refractivity contribution in [3.63, 3.8) is 0 Å². The summed E-state index contributed by atoms with van der Waals surface area (Å²) in [6, 6.07) is 0. The maximum atomic E-state index is 9.55. The average molecular weight is 196 g/mol. The Labute approximate surface area is 86.0 Å². The van der Waals surface area contributed by atoms with Gasteiger partial charge >= 0.3 is 0 Å². The van der Waals surface area contributed by atoms with Crippen LogP contribution < -0.4 is 0 Å². The molecule has 80 valence electrons. The minimum atomic E-state index is -0.563. The highest BCUT2D eigenvalue weighted by Gasteiger charge is 2.14. The van der Waals surface area contributed by atoms with Crippen LogP contribution in [0.5, 0.6) is 0 Å². The zero-order chi connectivity index (χ0) is 10.2. The zero-order valence-corrected chi connectivity index (χ0v) is 8.60. The van der Waals surface area contributed by atoms with Crippen molar-refractivity contribution in [1.29, 1.82) is 0 Å². The lowest BCUT2D eigenvalue weighted by atomic mass is 10.0. The molecule has 0 aromatic rings. The molecule has 0 saturated heterocycles. The van der Waals surface area contributed by atoms with E-state index in [1.807, 2.05) is 0 Å². The van der Waals surface area contributed by atoms with Gasteiger partial charge < -0.3 is 10.2 Å². The third-order valence-corrected chi connectivity index (χ3v) is 2.54. The van der Waals surface area contributed by atoms with Gasteiger partial charge in [-0.3, -0.25) is 0 Å². The third kappa shape index (κ3) is 4.58. The quantitative estimate of drug-likeness (QED) is 0.583. The minimum absolute atomic E-state index is 0.563. The first-order valence-electron chi connectivity index (χ1n) is 5.47. The molecule has 0 aliphatic heterocycles. The average Bonchev–Trinajstić information content (AvgIpc) is 2.18. The summed E-state index contributed by atoms with van der Waals surface area (Å²) in [6.07, 6.45) is 12.6. The van der Waals surface area contributed by atoms with Gasteiger partial charge in [0.05, 0.1) is 12.2 Å². The Kier molecular flexibility index (Phi) is 5.57. The van der Waals surface area contributed by atoms with E-state index >= 15 is 0 Å². The van der Waals surface area contributed by atoms with Gasteiger partial charge in [0.2, 0.25) is 0 Å². The summed E-state index contributed by atoms with van der Waals surface area (Å²) in [7, 11) is 0. The molecule has 2 nitrogen and oxygen atoms in total. The number of aliphatic hydroxyl groups excluding tert-OH is 2. The van der Waals surface area contributed by atoms with E-state index < -0.39 is 12.2 Å². The van der Waals surface area contributed by atoms with Crippen molar-refractivity contribution in [3.05, 3.63) is 24.3 Å². The molecule has 0 aromatic heterocycles. The van der Waals surface area contributed by atoms with Crippen LogP contribution in [-0.4, -0.2) is 22.4 Å². The number of allylic oxidation sites excluding steroid dienone is 4. The van der Waals surface area contributed by atoms with Gasteiger partial charge in [-0.05, 0) is 38.5 Å². The smallest absolute Gasteiger partial charge is 0.0802 e. The first-order chi connectivity index (χ1) is 6.80. The van der Waals surface area contributed by atoms with Gasteiger partial charge in [-0.15, -0.1) is 0 Å². The number of hydrogen-bond donors (Lipinski definition) is 2. The molecule has 0 heterocycles. The molecular formula is C12H20O2. The minimum Gasteiger partial charge on any atom is -0.390 e. The van der Waals surface area contributed by atoms with Crippen LogP contribution in [0.1, 0.15) is 38.5 Å². The van der Waals surface area contributed by atoms with E-state index in [2.05, 4.69) is 24.3 Å². The Hall–Kier alpha value is -0.600. The molecule has 0 fully saturated rings. The maximum Gasteiger partial charge on any atom is 0.0802 e. The topological polar surface area (TPSA) is 40.5 Å². The summed E-state index contributed by atoms with van der Waals surface area (Å²) in [5, 5.41) is 19.1. The van der Waals surface area contributed by atoms with Crippen molar-refractivity contribution in [1.82, 2.24) is 0 Å². The highest BCUT2D eigenvalue weighted by molar-refractivity contribution is 4.90. The fourth-order valence-electron chi connectivity index (χ4n) is 1.58. The molecule has 0 spiro atoms. The largest absolute Gasteiger partial charge is 0.390 e. The molecule has 2 heteroatoms. The fraction of sp³-hybridized carbons (Fsp3) is 0.667. The number of aliphatic hydroxyl groups is 2. The summed E-state index contributed by atoms with van der Waals surface area (Å²) in [5.74, 6) is 0.